The van der Waals surface area contributed by atoms with Gasteiger partial charge in [0.15, 0.2) is 0 Å². The summed E-state index contributed by atoms with van der Waals surface area (Å²) in [6.07, 6.45) is 3.96. The van der Waals surface area contributed by atoms with Crippen molar-refractivity contribution in [3.05, 3.63) is 35.9 Å². The molecule has 3 unspecified atom stereocenters. The first kappa shape index (κ1) is 19.7. The van der Waals surface area contributed by atoms with Gasteiger partial charge in [0.25, 0.3) is 0 Å². The third-order valence-electron chi connectivity index (χ3n) is 4.83. The molecule has 1 aromatic rings. The van der Waals surface area contributed by atoms with Crippen LogP contribution in [0.25, 0.3) is 0 Å². The average molecular weight is 348 g/mol. The van der Waals surface area contributed by atoms with Gasteiger partial charge >= 0.3 is 6.03 Å². The Morgan fingerprint density at radius 1 is 1.24 bits per heavy atom. The van der Waals surface area contributed by atoms with Crippen LogP contribution in [0.5, 0.6) is 0 Å². The van der Waals surface area contributed by atoms with E-state index in [0.29, 0.717) is 25.6 Å². The number of benzene rings is 1. The molecule has 2 amide bonds. The molecule has 0 bridgehead atoms. The molecule has 0 aromatic heterocycles. The van der Waals surface area contributed by atoms with Gasteiger partial charge in [-0.05, 0) is 44.2 Å². The molecule has 1 saturated heterocycles. The highest BCUT2D eigenvalue weighted by atomic mass is 16.3. The maximum absolute atomic E-state index is 12.0. The van der Waals surface area contributed by atoms with E-state index in [2.05, 4.69) is 39.8 Å². The molecule has 5 heteroatoms. The maximum Gasteiger partial charge on any atom is 0.314 e. The van der Waals surface area contributed by atoms with Crippen LogP contribution in [-0.4, -0.2) is 47.8 Å². The molecule has 1 aromatic carbocycles. The Morgan fingerprint density at radius 2 is 2.00 bits per heavy atom. The predicted molar refractivity (Wildman–Crippen MR) is 101 cm³/mol. The first-order chi connectivity index (χ1) is 12.0. The molecule has 0 aliphatic carbocycles. The van der Waals surface area contributed by atoms with Crippen molar-refractivity contribution in [2.45, 2.75) is 58.2 Å². The van der Waals surface area contributed by atoms with Gasteiger partial charge in [-0.1, -0.05) is 43.7 Å². The summed E-state index contributed by atoms with van der Waals surface area (Å²) >= 11 is 0. The van der Waals surface area contributed by atoms with E-state index in [1.165, 1.54) is 18.4 Å². The number of piperidine rings is 1. The fraction of sp³-hybridized carbons (Fsp3) is 0.650. The number of hydrogen-bond acceptors (Lipinski definition) is 3. The van der Waals surface area contributed by atoms with Crippen LogP contribution >= 0.6 is 0 Å². The van der Waals surface area contributed by atoms with E-state index in [1.807, 2.05) is 13.0 Å². The number of nitrogens with zero attached hydrogens (tertiary/aromatic N) is 1. The third-order valence-corrected chi connectivity index (χ3v) is 4.83. The Balaban J connectivity index is 1.74. The van der Waals surface area contributed by atoms with Crippen molar-refractivity contribution in [1.29, 1.82) is 0 Å². The van der Waals surface area contributed by atoms with Crippen LogP contribution < -0.4 is 10.6 Å². The van der Waals surface area contributed by atoms with E-state index in [0.717, 1.165) is 19.5 Å². The number of likely N-dealkylation sites (tertiary alicyclic amines) is 1. The van der Waals surface area contributed by atoms with Gasteiger partial charge in [0, 0.05) is 25.7 Å². The molecule has 0 radical (unpaired) electrons. The van der Waals surface area contributed by atoms with Gasteiger partial charge < -0.3 is 15.7 Å². The van der Waals surface area contributed by atoms with Crippen molar-refractivity contribution in [2.75, 3.05) is 19.6 Å². The molecule has 1 heterocycles. The van der Waals surface area contributed by atoms with Crippen LogP contribution in [-0.2, 0) is 6.54 Å². The predicted octanol–water partition coefficient (Wildman–Crippen LogP) is 2.75. The number of carbonyl (C=O) groups excluding carboxylic acids is 1. The SMILES string of the molecule is CC(O)CC(C)CNC(=O)NCC1CCCCN1Cc1ccccc1. The minimum Gasteiger partial charge on any atom is -0.393 e. The summed E-state index contributed by atoms with van der Waals surface area (Å²) in [6.45, 7) is 7.13. The van der Waals surface area contributed by atoms with Crippen molar-refractivity contribution in [2.24, 2.45) is 5.92 Å². The molecule has 3 N–H and O–H groups in total. The Bertz CT molecular complexity index is 507. The second kappa shape index (κ2) is 10.4. The number of carbonyl (C=O) groups is 1. The number of aliphatic hydroxyl groups is 1. The van der Waals surface area contributed by atoms with Crippen molar-refractivity contribution < 1.29 is 9.90 Å². The van der Waals surface area contributed by atoms with Crippen LogP contribution in [0.3, 0.4) is 0 Å². The Morgan fingerprint density at radius 3 is 2.72 bits per heavy atom. The van der Waals surface area contributed by atoms with Crippen LogP contribution in [0.2, 0.25) is 0 Å². The van der Waals surface area contributed by atoms with Crippen LogP contribution in [0.15, 0.2) is 30.3 Å². The summed E-state index contributed by atoms with van der Waals surface area (Å²) < 4.78 is 0. The van der Waals surface area contributed by atoms with Crippen molar-refractivity contribution in [3.63, 3.8) is 0 Å². The molecule has 1 fully saturated rings. The topological polar surface area (TPSA) is 64.6 Å². The largest absolute Gasteiger partial charge is 0.393 e. The minimum absolute atomic E-state index is 0.109. The first-order valence-corrected chi connectivity index (χ1v) is 9.52. The number of rotatable bonds is 8. The lowest BCUT2D eigenvalue weighted by Gasteiger charge is -2.36. The van der Waals surface area contributed by atoms with Gasteiger partial charge in [-0.2, -0.15) is 0 Å². The van der Waals surface area contributed by atoms with Crippen molar-refractivity contribution in [3.8, 4) is 0 Å². The van der Waals surface area contributed by atoms with E-state index in [4.69, 9.17) is 0 Å². The second-order valence-corrected chi connectivity index (χ2v) is 7.39. The number of aliphatic hydroxyl groups excluding tert-OH is 1. The first-order valence-electron chi connectivity index (χ1n) is 9.52. The summed E-state index contributed by atoms with van der Waals surface area (Å²) in [5.41, 5.74) is 1.32. The lowest BCUT2D eigenvalue weighted by atomic mass is 10.0. The molecule has 0 saturated carbocycles. The van der Waals surface area contributed by atoms with E-state index in [1.54, 1.807) is 6.92 Å². The normalized spacial score (nSPS) is 20.7. The van der Waals surface area contributed by atoms with Gasteiger partial charge in [0.05, 0.1) is 6.10 Å². The average Bonchev–Trinajstić information content (AvgIpc) is 2.59. The molecule has 1 aliphatic rings. The Hall–Kier alpha value is -1.59. The summed E-state index contributed by atoms with van der Waals surface area (Å²) in [7, 11) is 0. The molecule has 25 heavy (non-hydrogen) atoms. The lowest BCUT2D eigenvalue weighted by molar-refractivity contribution is 0.138. The van der Waals surface area contributed by atoms with E-state index in [-0.39, 0.29) is 18.1 Å². The van der Waals surface area contributed by atoms with Crippen LogP contribution in [0.1, 0.15) is 45.1 Å². The number of nitrogens with one attached hydrogen (secondary N) is 2. The van der Waals surface area contributed by atoms with Gasteiger partial charge in [0.2, 0.25) is 0 Å². The lowest BCUT2D eigenvalue weighted by Crippen LogP contribution is -2.48. The molecule has 0 spiro atoms. The van der Waals surface area contributed by atoms with Gasteiger partial charge in [-0.3, -0.25) is 4.90 Å². The van der Waals surface area contributed by atoms with E-state index >= 15 is 0 Å². The number of amides is 2. The molecule has 2 rings (SSSR count). The highest BCUT2D eigenvalue weighted by Crippen LogP contribution is 2.19. The maximum atomic E-state index is 12.0. The molecular formula is C20H33N3O2. The van der Waals surface area contributed by atoms with Crippen LogP contribution in [0, 0.1) is 5.92 Å². The summed E-state index contributed by atoms with van der Waals surface area (Å²) in [5, 5.41) is 15.3. The number of urea groups is 1. The summed E-state index contributed by atoms with van der Waals surface area (Å²) in [5.74, 6) is 0.273. The van der Waals surface area contributed by atoms with E-state index in [9.17, 15) is 9.90 Å². The summed E-state index contributed by atoms with van der Waals surface area (Å²) in [4.78, 5) is 14.5. The molecule has 3 atom stereocenters. The highest BCUT2D eigenvalue weighted by Gasteiger charge is 2.22. The van der Waals surface area contributed by atoms with E-state index < -0.39 is 0 Å². The molecular weight excluding hydrogens is 314 g/mol. The fourth-order valence-corrected chi connectivity index (χ4v) is 3.52. The van der Waals surface area contributed by atoms with Crippen molar-refractivity contribution >= 4 is 6.03 Å². The minimum atomic E-state index is -0.325. The second-order valence-electron chi connectivity index (χ2n) is 7.39. The molecule has 140 valence electrons. The fourth-order valence-electron chi connectivity index (χ4n) is 3.52. The zero-order valence-corrected chi connectivity index (χ0v) is 15.6. The third kappa shape index (κ3) is 7.45. The molecule has 1 aliphatic heterocycles. The highest BCUT2D eigenvalue weighted by molar-refractivity contribution is 5.73. The zero-order valence-electron chi connectivity index (χ0n) is 15.6. The summed E-state index contributed by atoms with van der Waals surface area (Å²) in [6, 6.07) is 10.8. The van der Waals surface area contributed by atoms with Gasteiger partial charge in [-0.25, -0.2) is 4.79 Å². The van der Waals surface area contributed by atoms with Crippen molar-refractivity contribution in [1.82, 2.24) is 15.5 Å². The monoisotopic (exact) mass is 347 g/mol. The zero-order chi connectivity index (χ0) is 18.1. The van der Waals surface area contributed by atoms with Crippen LogP contribution in [0.4, 0.5) is 4.79 Å². The standard InChI is InChI=1S/C20H33N3O2/c1-16(12-17(2)24)13-21-20(25)22-14-19-10-6-7-11-23(19)15-18-8-4-3-5-9-18/h3-5,8-9,16-17,19,24H,6-7,10-15H2,1-2H3,(H2,21,22,25). The number of hydrogen-bond donors (Lipinski definition) is 3. The van der Waals surface area contributed by atoms with Gasteiger partial charge in [-0.15, -0.1) is 0 Å². The molecule has 5 nitrogen and oxygen atoms in total. The smallest absolute Gasteiger partial charge is 0.314 e. The quantitative estimate of drug-likeness (QED) is 0.677. The Labute approximate surface area is 151 Å². The van der Waals surface area contributed by atoms with Gasteiger partial charge in [0.1, 0.15) is 0 Å². The Kier molecular flexibility index (Phi) is 8.22.